The highest BCUT2D eigenvalue weighted by atomic mass is 16.5. The second kappa shape index (κ2) is 10.3. The number of likely N-dealkylation sites (tertiary alicyclic amines) is 1. The summed E-state index contributed by atoms with van der Waals surface area (Å²) in [5.74, 6) is -0.244. The van der Waals surface area contributed by atoms with Gasteiger partial charge >= 0.3 is 0 Å². The van der Waals surface area contributed by atoms with Crippen molar-refractivity contribution in [1.29, 1.82) is 0 Å². The molecule has 1 aliphatic heterocycles. The molecule has 0 aromatic heterocycles. The number of benzene rings is 4. The van der Waals surface area contributed by atoms with Gasteiger partial charge in [-0.1, -0.05) is 91.0 Å². The lowest BCUT2D eigenvalue weighted by molar-refractivity contribution is -0.139. The summed E-state index contributed by atoms with van der Waals surface area (Å²) in [5, 5.41) is 11.2. The molecule has 1 unspecified atom stereocenters. The van der Waals surface area contributed by atoms with Gasteiger partial charge in [0.05, 0.1) is 11.6 Å². The molecule has 4 aromatic rings. The Labute approximate surface area is 209 Å². The summed E-state index contributed by atoms with van der Waals surface area (Å²) >= 11 is 0. The van der Waals surface area contributed by atoms with Gasteiger partial charge < -0.3 is 14.7 Å². The molecule has 1 aliphatic rings. The van der Waals surface area contributed by atoms with Gasteiger partial charge in [0.2, 0.25) is 0 Å². The lowest BCUT2D eigenvalue weighted by Crippen LogP contribution is -2.31. The Kier molecular flexibility index (Phi) is 6.63. The summed E-state index contributed by atoms with van der Waals surface area (Å²) in [6, 6.07) is 34.6. The Bertz CT molecular complexity index is 1400. The van der Waals surface area contributed by atoms with Crippen LogP contribution in [0.4, 0.5) is 0 Å². The van der Waals surface area contributed by atoms with Crippen LogP contribution in [0.2, 0.25) is 0 Å². The summed E-state index contributed by atoms with van der Waals surface area (Å²) in [6.07, 6.45) is 0.579. The SMILES string of the molecule is O=C1C(=O)N(CCc2ccccc2)C(c2cccc(Oc3ccccc3)c2)/C1=C(\O)c1ccccc1. The Morgan fingerprint density at radius 2 is 1.36 bits per heavy atom. The molecule has 0 bridgehead atoms. The van der Waals surface area contributed by atoms with E-state index < -0.39 is 17.7 Å². The molecule has 0 aliphatic carbocycles. The molecule has 5 heteroatoms. The van der Waals surface area contributed by atoms with Crippen LogP contribution < -0.4 is 4.74 Å². The van der Waals surface area contributed by atoms with Crippen molar-refractivity contribution < 1.29 is 19.4 Å². The highest BCUT2D eigenvalue weighted by molar-refractivity contribution is 6.46. The van der Waals surface area contributed by atoms with E-state index in [1.165, 1.54) is 0 Å². The van der Waals surface area contributed by atoms with Crippen LogP contribution in [0.3, 0.4) is 0 Å². The van der Waals surface area contributed by atoms with Crippen LogP contribution in [0.15, 0.2) is 121 Å². The van der Waals surface area contributed by atoms with E-state index in [2.05, 4.69) is 0 Å². The monoisotopic (exact) mass is 475 g/mol. The van der Waals surface area contributed by atoms with Crippen LogP contribution in [0, 0.1) is 0 Å². The summed E-state index contributed by atoms with van der Waals surface area (Å²) in [5.41, 5.74) is 2.31. The maximum Gasteiger partial charge on any atom is 0.295 e. The maximum absolute atomic E-state index is 13.3. The average Bonchev–Trinajstić information content (AvgIpc) is 3.18. The van der Waals surface area contributed by atoms with Gasteiger partial charge in [0, 0.05) is 12.1 Å². The molecule has 0 saturated carbocycles. The molecule has 1 N–H and O–H groups in total. The van der Waals surface area contributed by atoms with Crippen molar-refractivity contribution in [3.05, 3.63) is 138 Å². The van der Waals surface area contributed by atoms with E-state index in [0.717, 1.165) is 5.56 Å². The maximum atomic E-state index is 13.3. The van der Waals surface area contributed by atoms with Crippen molar-refractivity contribution in [3.63, 3.8) is 0 Å². The normalized spacial score (nSPS) is 16.8. The van der Waals surface area contributed by atoms with E-state index in [-0.39, 0.29) is 11.3 Å². The van der Waals surface area contributed by atoms with Gasteiger partial charge in [0.1, 0.15) is 17.3 Å². The molecule has 4 aromatic carbocycles. The van der Waals surface area contributed by atoms with Crippen LogP contribution in [-0.4, -0.2) is 28.2 Å². The van der Waals surface area contributed by atoms with Crippen molar-refractivity contribution >= 4 is 17.4 Å². The van der Waals surface area contributed by atoms with Gasteiger partial charge in [-0.25, -0.2) is 0 Å². The second-order valence-electron chi connectivity index (χ2n) is 8.58. The van der Waals surface area contributed by atoms with Gasteiger partial charge in [-0.15, -0.1) is 0 Å². The lowest BCUT2D eigenvalue weighted by Gasteiger charge is -2.25. The molecule has 5 nitrogen and oxygen atoms in total. The minimum Gasteiger partial charge on any atom is -0.507 e. The number of hydrogen-bond donors (Lipinski definition) is 1. The molecule has 1 heterocycles. The van der Waals surface area contributed by atoms with E-state index in [9.17, 15) is 14.7 Å². The highest BCUT2D eigenvalue weighted by Gasteiger charge is 2.45. The fourth-order valence-electron chi connectivity index (χ4n) is 4.48. The zero-order valence-corrected chi connectivity index (χ0v) is 19.6. The fraction of sp³-hybridized carbons (Fsp3) is 0.0968. The van der Waals surface area contributed by atoms with E-state index in [1.54, 1.807) is 29.2 Å². The van der Waals surface area contributed by atoms with Gasteiger partial charge in [0.25, 0.3) is 11.7 Å². The van der Waals surface area contributed by atoms with E-state index in [4.69, 9.17) is 4.74 Å². The Hall–Kier alpha value is -4.64. The van der Waals surface area contributed by atoms with Crippen LogP contribution >= 0.6 is 0 Å². The topological polar surface area (TPSA) is 66.8 Å². The predicted molar refractivity (Wildman–Crippen MR) is 139 cm³/mol. The minimum atomic E-state index is -0.742. The summed E-state index contributed by atoms with van der Waals surface area (Å²) in [6.45, 7) is 0.328. The van der Waals surface area contributed by atoms with E-state index >= 15 is 0 Å². The van der Waals surface area contributed by atoms with E-state index in [1.807, 2.05) is 91.0 Å². The van der Waals surface area contributed by atoms with Crippen molar-refractivity contribution in [3.8, 4) is 11.5 Å². The molecule has 0 spiro atoms. The quantitative estimate of drug-likeness (QED) is 0.198. The standard InChI is InChI=1S/C31H25NO4/c33-29(23-13-6-2-7-14-23)27-28(24-15-10-18-26(21-24)36-25-16-8-3-9-17-25)32(31(35)30(27)34)20-19-22-11-4-1-5-12-22/h1-18,21,28,33H,19-20H2/b29-27+. The first-order valence-electron chi connectivity index (χ1n) is 11.8. The molecule has 178 valence electrons. The highest BCUT2D eigenvalue weighted by Crippen LogP contribution is 2.40. The lowest BCUT2D eigenvalue weighted by atomic mass is 9.95. The fourth-order valence-corrected chi connectivity index (χ4v) is 4.48. The zero-order valence-electron chi connectivity index (χ0n) is 19.6. The third-order valence-electron chi connectivity index (χ3n) is 6.22. The molecule has 1 saturated heterocycles. The van der Waals surface area contributed by atoms with Crippen LogP contribution in [0.1, 0.15) is 22.7 Å². The number of aliphatic hydroxyl groups excluding tert-OH is 1. The largest absolute Gasteiger partial charge is 0.507 e. The first kappa shape index (κ1) is 23.1. The number of aliphatic hydroxyl groups is 1. The first-order valence-corrected chi connectivity index (χ1v) is 11.8. The number of carbonyl (C=O) groups is 2. The van der Waals surface area contributed by atoms with Crippen molar-refractivity contribution in [1.82, 2.24) is 4.90 Å². The van der Waals surface area contributed by atoms with E-state index in [0.29, 0.717) is 35.6 Å². The second-order valence-corrected chi connectivity index (χ2v) is 8.58. The third kappa shape index (κ3) is 4.77. The van der Waals surface area contributed by atoms with Crippen molar-refractivity contribution in [2.75, 3.05) is 6.54 Å². The number of para-hydroxylation sites is 1. The number of ketones is 1. The first-order chi connectivity index (χ1) is 17.6. The number of Topliss-reactive ketones (excluding diaryl/α,β-unsaturated/α-hetero) is 1. The summed E-state index contributed by atoms with van der Waals surface area (Å²) in [4.78, 5) is 28.0. The Balaban J connectivity index is 1.56. The molecule has 36 heavy (non-hydrogen) atoms. The van der Waals surface area contributed by atoms with Crippen LogP contribution in [0.5, 0.6) is 11.5 Å². The third-order valence-corrected chi connectivity index (χ3v) is 6.22. The predicted octanol–water partition coefficient (Wildman–Crippen LogP) is 6.14. The van der Waals surface area contributed by atoms with Crippen molar-refractivity contribution in [2.24, 2.45) is 0 Å². The number of nitrogens with zero attached hydrogens (tertiary/aromatic N) is 1. The smallest absolute Gasteiger partial charge is 0.295 e. The zero-order chi connectivity index (χ0) is 24.9. The Morgan fingerprint density at radius 3 is 2.06 bits per heavy atom. The molecule has 1 fully saturated rings. The van der Waals surface area contributed by atoms with Crippen molar-refractivity contribution in [2.45, 2.75) is 12.5 Å². The number of hydrogen-bond acceptors (Lipinski definition) is 4. The number of carbonyl (C=O) groups excluding carboxylic acids is 2. The molecular weight excluding hydrogens is 450 g/mol. The average molecular weight is 476 g/mol. The molecule has 0 radical (unpaired) electrons. The molecule has 1 atom stereocenters. The van der Waals surface area contributed by atoms with Gasteiger partial charge in [-0.05, 0) is 41.8 Å². The van der Waals surface area contributed by atoms with Crippen LogP contribution in [-0.2, 0) is 16.0 Å². The van der Waals surface area contributed by atoms with Crippen LogP contribution in [0.25, 0.3) is 5.76 Å². The number of amides is 1. The number of ether oxygens (including phenoxy) is 1. The molecular formula is C31H25NO4. The minimum absolute atomic E-state index is 0.0797. The molecule has 1 amide bonds. The summed E-state index contributed by atoms with van der Waals surface area (Å²) in [7, 11) is 0. The van der Waals surface area contributed by atoms with Gasteiger partial charge in [0.15, 0.2) is 0 Å². The summed E-state index contributed by atoms with van der Waals surface area (Å²) < 4.78 is 6.01. The number of rotatable bonds is 7. The Morgan fingerprint density at radius 1 is 0.750 bits per heavy atom. The van der Waals surface area contributed by atoms with Gasteiger partial charge in [-0.3, -0.25) is 9.59 Å². The van der Waals surface area contributed by atoms with Gasteiger partial charge in [-0.2, -0.15) is 0 Å². The molecule has 5 rings (SSSR count).